The van der Waals surface area contributed by atoms with E-state index in [4.69, 9.17) is 10.5 Å². The van der Waals surface area contributed by atoms with Crippen molar-refractivity contribution in [2.75, 3.05) is 12.3 Å². The number of anilines is 1. The van der Waals surface area contributed by atoms with Crippen LogP contribution in [0.1, 0.15) is 42.0 Å². The Bertz CT molecular complexity index is 961. The molecule has 3 aromatic rings. The highest BCUT2D eigenvalue weighted by molar-refractivity contribution is 5.94. The second-order valence-corrected chi connectivity index (χ2v) is 5.72. The fourth-order valence-corrected chi connectivity index (χ4v) is 2.48. The maximum Gasteiger partial charge on any atom is 0.293 e. The predicted molar refractivity (Wildman–Crippen MR) is 100 cm³/mol. The first-order chi connectivity index (χ1) is 13.6. The number of hydrazone groups is 1. The Hall–Kier alpha value is -3.76. The van der Waals surface area contributed by atoms with E-state index in [1.165, 1.54) is 10.9 Å². The number of amides is 1. The molecule has 0 saturated carbocycles. The molecule has 0 aliphatic rings. The summed E-state index contributed by atoms with van der Waals surface area (Å²) in [7, 11) is 0. The number of carbonyl (C=O) groups is 1. The number of benzene rings is 1. The van der Waals surface area contributed by atoms with E-state index in [0.29, 0.717) is 18.7 Å². The van der Waals surface area contributed by atoms with Crippen LogP contribution in [0.2, 0.25) is 0 Å². The van der Waals surface area contributed by atoms with Crippen molar-refractivity contribution in [1.82, 2.24) is 30.7 Å². The molecular weight excluding hydrogens is 364 g/mol. The molecule has 0 saturated heterocycles. The van der Waals surface area contributed by atoms with Gasteiger partial charge in [-0.15, -0.1) is 5.10 Å². The Morgan fingerprint density at radius 1 is 1.32 bits per heavy atom. The van der Waals surface area contributed by atoms with Crippen LogP contribution >= 0.6 is 0 Å². The number of carbonyl (C=O) groups excluding carboxylic acids is 1. The molecule has 0 aliphatic carbocycles. The van der Waals surface area contributed by atoms with Gasteiger partial charge in [0, 0.05) is 0 Å². The zero-order valence-corrected chi connectivity index (χ0v) is 15.5. The van der Waals surface area contributed by atoms with Crippen LogP contribution in [-0.2, 0) is 6.42 Å². The lowest BCUT2D eigenvalue weighted by Crippen LogP contribution is -2.20. The van der Waals surface area contributed by atoms with E-state index >= 15 is 0 Å². The summed E-state index contributed by atoms with van der Waals surface area (Å²) in [6.07, 6.45) is 2.82. The lowest BCUT2D eigenvalue weighted by atomic mass is 10.2. The minimum atomic E-state index is -0.494. The molecule has 11 nitrogen and oxygen atoms in total. The molecule has 0 aliphatic heterocycles. The van der Waals surface area contributed by atoms with Crippen molar-refractivity contribution < 1.29 is 14.2 Å². The third-order valence-electron chi connectivity index (χ3n) is 3.73. The summed E-state index contributed by atoms with van der Waals surface area (Å²) in [6.45, 7) is 4.48. The number of nitrogen functional groups attached to an aromatic ring is 1. The molecule has 0 radical (unpaired) electrons. The van der Waals surface area contributed by atoms with Crippen LogP contribution < -0.4 is 15.9 Å². The molecule has 3 rings (SSSR count). The quantitative estimate of drug-likeness (QED) is 0.437. The van der Waals surface area contributed by atoms with E-state index in [1.807, 2.05) is 38.1 Å². The molecule has 1 amide bonds. The zero-order chi connectivity index (χ0) is 19.9. The summed E-state index contributed by atoms with van der Waals surface area (Å²) in [5.41, 5.74) is 9.64. The highest BCUT2D eigenvalue weighted by atomic mass is 16.6. The molecule has 2 aromatic heterocycles. The smallest absolute Gasteiger partial charge is 0.293 e. The van der Waals surface area contributed by atoms with Gasteiger partial charge < -0.3 is 10.5 Å². The van der Waals surface area contributed by atoms with Gasteiger partial charge in [0.05, 0.1) is 18.5 Å². The SMILES string of the molecule is CCCc1c(C(=O)NN=Cc2ccc(OCC)cc2)nnn1-c1nonc1N. The van der Waals surface area contributed by atoms with Gasteiger partial charge in [-0.25, -0.2) is 10.1 Å². The first-order valence-corrected chi connectivity index (χ1v) is 8.73. The molecular formula is C17H20N8O3. The van der Waals surface area contributed by atoms with Gasteiger partial charge >= 0.3 is 0 Å². The van der Waals surface area contributed by atoms with Crippen LogP contribution in [0.3, 0.4) is 0 Å². The minimum absolute atomic E-state index is 0.0581. The van der Waals surface area contributed by atoms with Crippen molar-refractivity contribution in [2.24, 2.45) is 5.10 Å². The van der Waals surface area contributed by atoms with E-state index in [1.54, 1.807) is 0 Å². The summed E-state index contributed by atoms with van der Waals surface area (Å²) in [5.74, 6) is 0.522. The number of nitrogens with zero attached hydrogens (tertiary/aromatic N) is 6. The van der Waals surface area contributed by atoms with E-state index in [2.05, 4.69) is 35.8 Å². The van der Waals surface area contributed by atoms with E-state index in [-0.39, 0.29) is 17.3 Å². The molecule has 0 bridgehead atoms. The molecule has 1 aromatic carbocycles. The minimum Gasteiger partial charge on any atom is -0.494 e. The van der Waals surface area contributed by atoms with Crippen molar-refractivity contribution in [1.29, 1.82) is 0 Å². The average Bonchev–Trinajstić information content (AvgIpc) is 3.29. The zero-order valence-electron chi connectivity index (χ0n) is 15.5. The second-order valence-electron chi connectivity index (χ2n) is 5.72. The van der Waals surface area contributed by atoms with Crippen LogP contribution in [-0.4, -0.2) is 44.0 Å². The summed E-state index contributed by atoms with van der Waals surface area (Å²) in [5, 5.41) is 19.1. The van der Waals surface area contributed by atoms with Crippen molar-refractivity contribution in [3.63, 3.8) is 0 Å². The van der Waals surface area contributed by atoms with Gasteiger partial charge in [-0.2, -0.15) is 9.78 Å². The lowest BCUT2D eigenvalue weighted by molar-refractivity contribution is 0.0949. The van der Waals surface area contributed by atoms with Crippen molar-refractivity contribution in [2.45, 2.75) is 26.7 Å². The van der Waals surface area contributed by atoms with E-state index in [9.17, 15) is 4.79 Å². The van der Waals surface area contributed by atoms with Gasteiger partial charge in [-0.1, -0.05) is 18.6 Å². The number of rotatable bonds is 8. The van der Waals surface area contributed by atoms with E-state index < -0.39 is 5.91 Å². The van der Waals surface area contributed by atoms with Crippen LogP contribution in [0.4, 0.5) is 5.82 Å². The predicted octanol–water partition coefficient (Wildman–Crippen LogP) is 1.35. The normalized spacial score (nSPS) is 11.1. The molecule has 2 heterocycles. The van der Waals surface area contributed by atoms with Crippen LogP contribution in [0.5, 0.6) is 5.75 Å². The summed E-state index contributed by atoms with van der Waals surface area (Å²) < 4.78 is 11.3. The number of nitrogens with one attached hydrogen (secondary N) is 1. The van der Waals surface area contributed by atoms with Crippen LogP contribution in [0.25, 0.3) is 5.82 Å². The number of aromatic nitrogens is 5. The molecule has 11 heteroatoms. The Balaban J connectivity index is 1.73. The summed E-state index contributed by atoms with van der Waals surface area (Å²) >= 11 is 0. The standard InChI is InChI=1S/C17H20N8O3/c1-3-5-13-14(20-24-25(13)16-15(18)22-28-23-16)17(26)21-19-10-11-6-8-12(9-7-11)27-4-2/h6-10H,3-5H2,1-2H3,(H2,18,22)(H,21,26). The second kappa shape index (κ2) is 8.75. The molecule has 0 fully saturated rings. The fraction of sp³-hybridized carbons (Fsp3) is 0.294. The van der Waals surface area contributed by atoms with Gasteiger partial charge in [0.1, 0.15) is 5.75 Å². The third kappa shape index (κ3) is 4.14. The van der Waals surface area contributed by atoms with Crippen molar-refractivity contribution in [3.8, 4) is 11.6 Å². The van der Waals surface area contributed by atoms with E-state index in [0.717, 1.165) is 17.7 Å². The highest BCUT2D eigenvalue weighted by Crippen LogP contribution is 2.17. The molecule has 0 atom stereocenters. The maximum absolute atomic E-state index is 12.5. The van der Waals surface area contributed by atoms with Gasteiger partial charge in [0.2, 0.25) is 11.6 Å². The first-order valence-electron chi connectivity index (χ1n) is 8.73. The van der Waals surface area contributed by atoms with Gasteiger partial charge in [0.25, 0.3) is 5.91 Å². The molecule has 146 valence electrons. The van der Waals surface area contributed by atoms with Crippen LogP contribution in [0.15, 0.2) is 34.0 Å². The lowest BCUT2D eigenvalue weighted by Gasteiger charge is -2.04. The van der Waals surface area contributed by atoms with Crippen LogP contribution in [0, 0.1) is 0 Å². The molecule has 3 N–H and O–H groups in total. The molecule has 0 spiro atoms. The third-order valence-corrected chi connectivity index (χ3v) is 3.73. The first kappa shape index (κ1) is 19.0. The molecule has 0 unspecified atom stereocenters. The van der Waals surface area contributed by atoms with Crippen molar-refractivity contribution >= 4 is 17.9 Å². The van der Waals surface area contributed by atoms with Gasteiger partial charge in [0.15, 0.2) is 5.69 Å². The largest absolute Gasteiger partial charge is 0.494 e. The summed E-state index contributed by atoms with van der Waals surface area (Å²) in [4.78, 5) is 12.5. The van der Waals surface area contributed by atoms with Gasteiger partial charge in [-0.05, 0) is 53.5 Å². The number of nitrogens with two attached hydrogens (primary N) is 1. The highest BCUT2D eigenvalue weighted by Gasteiger charge is 2.23. The number of hydrogen-bond acceptors (Lipinski definition) is 9. The van der Waals surface area contributed by atoms with Gasteiger partial charge in [-0.3, -0.25) is 4.79 Å². The number of ether oxygens (including phenoxy) is 1. The Kier molecular flexibility index (Phi) is 5.94. The Morgan fingerprint density at radius 3 is 2.75 bits per heavy atom. The number of hydrogen-bond donors (Lipinski definition) is 2. The average molecular weight is 384 g/mol. The fourth-order valence-electron chi connectivity index (χ4n) is 2.48. The van der Waals surface area contributed by atoms with Crippen molar-refractivity contribution in [3.05, 3.63) is 41.2 Å². The maximum atomic E-state index is 12.5. The topological polar surface area (TPSA) is 146 Å². The summed E-state index contributed by atoms with van der Waals surface area (Å²) in [6, 6.07) is 7.32. The molecule has 28 heavy (non-hydrogen) atoms. The monoisotopic (exact) mass is 384 g/mol. The Labute approximate surface area is 160 Å². The Morgan fingerprint density at radius 2 is 2.11 bits per heavy atom.